The quantitative estimate of drug-likeness (QED) is 0.754. The Balaban J connectivity index is 2.48. The molecule has 96 valence electrons. The second-order valence-electron chi connectivity index (χ2n) is 5.42. The monoisotopic (exact) mass is 227 g/mol. The number of aliphatic hydroxyl groups is 1. The summed E-state index contributed by atoms with van der Waals surface area (Å²) in [5.41, 5.74) is 0. The van der Waals surface area contributed by atoms with Crippen molar-refractivity contribution in [3.05, 3.63) is 0 Å². The standard InChI is InChI=1S/C14H29NO/c1-4-6-10-15(3)14-11-13(16)9-8-12(14)7-5-2/h12-14,16H,4-11H2,1-3H3. The van der Waals surface area contributed by atoms with E-state index in [9.17, 15) is 5.11 Å². The van der Waals surface area contributed by atoms with E-state index >= 15 is 0 Å². The summed E-state index contributed by atoms with van der Waals surface area (Å²) < 4.78 is 0. The Bertz CT molecular complexity index is 184. The average Bonchev–Trinajstić information content (AvgIpc) is 2.28. The van der Waals surface area contributed by atoms with Crippen molar-refractivity contribution in [3.8, 4) is 0 Å². The Morgan fingerprint density at radius 1 is 1.19 bits per heavy atom. The molecule has 0 aromatic heterocycles. The Hall–Kier alpha value is -0.0800. The predicted molar refractivity (Wildman–Crippen MR) is 69.6 cm³/mol. The molecule has 1 saturated carbocycles. The van der Waals surface area contributed by atoms with Gasteiger partial charge in [0.2, 0.25) is 0 Å². The smallest absolute Gasteiger partial charge is 0.0555 e. The molecule has 3 atom stereocenters. The molecule has 0 amide bonds. The largest absolute Gasteiger partial charge is 0.393 e. The highest BCUT2D eigenvalue weighted by Gasteiger charge is 2.31. The molecular formula is C14H29NO. The fourth-order valence-electron chi connectivity index (χ4n) is 3.01. The van der Waals surface area contributed by atoms with E-state index in [2.05, 4.69) is 25.8 Å². The van der Waals surface area contributed by atoms with Crippen LogP contribution in [0.25, 0.3) is 0 Å². The Labute approximate surface area is 101 Å². The second-order valence-corrected chi connectivity index (χ2v) is 5.42. The zero-order valence-corrected chi connectivity index (χ0v) is 11.3. The topological polar surface area (TPSA) is 23.5 Å². The summed E-state index contributed by atoms with van der Waals surface area (Å²) in [5, 5.41) is 9.81. The highest BCUT2D eigenvalue weighted by atomic mass is 16.3. The van der Waals surface area contributed by atoms with Crippen molar-refractivity contribution < 1.29 is 5.11 Å². The van der Waals surface area contributed by atoms with Crippen molar-refractivity contribution in [2.75, 3.05) is 13.6 Å². The predicted octanol–water partition coefficient (Wildman–Crippen LogP) is 3.05. The van der Waals surface area contributed by atoms with Gasteiger partial charge in [-0.1, -0.05) is 26.7 Å². The molecule has 3 unspecified atom stereocenters. The highest BCUT2D eigenvalue weighted by Crippen LogP contribution is 2.31. The van der Waals surface area contributed by atoms with Crippen molar-refractivity contribution in [2.45, 2.75) is 70.9 Å². The zero-order valence-electron chi connectivity index (χ0n) is 11.3. The summed E-state index contributed by atoms with van der Waals surface area (Å²) in [5.74, 6) is 0.815. The van der Waals surface area contributed by atoms with Gasteiger partial charge in [0.1, 0.15) is 0 Å². The lowest BCUT2D eigenvalue weighted by atomic mass is 9.79. The van der Waals surface area contributed by atoms with Crippen LogP contribution < -0.4 is 0 Å². The molecule has 0 spiro atoms. The molecule has 1 N–H and O–H groups in total. The van der Waals surface area contributed by atoms with Crippen LogP contribution in [0.3, 0.4) is 0 Å². The first-order chi connectivity index (χ1) is 7.69. The van der Waals surface area contributed by atoms with E-state index < -0.39 is 0 Å². The minimum absolute atomic E-state index is 0.0535. The molecule has 16 heavy (non-hydrogen) atoms. The fraction of sp³-hybridized carbons (Fsp3) is 1.00. The Kier molecular flexibility index (Phi) is 6.37. The van der Waals surface area contributed by atoms with Crippen molar-refractivity contribution in [2.24, 2.45) is 5.92 Å². The van der Waals surface area contributed by atoms with E-state index in [4.69, 9.17) is 0 Å². The van der Waals surface area contributed by atoms with Crippen LogP contribution in [0.4, 0.5) is 0 Å². The van der Waals surface area contributed by atoms with Crippen molar-refractivity contribution in [3.63, 3.8) is 0 Å². The molecule has 2 nitrogen and oxygen atoms in total. The fourth-order valence-corrected chi connectivity index (χ4v) is 3.01. The van der Waals surface area contributed by atoms with E-state index in [1.165, 1.54) is 38.6 Å². The molecule has 0 saturated heterocycles. The molecule has 1 fully saturated rings. The van der Waals surface area contributed by atoms with E-state index in [1.807, 2.05) is 0 Å². The maximum atomic E-state index is 9.81. The SMILES string of the molecule is CCCCN(C)C1CC(O)CCC1CCC. The third-order valence-corrected chi connectivity index (χ3v) is 4.02. The summed E-state index contributed by atoms with van der Waals surface area (Å²) in [6, 6.07) is 0.621. The number of hydrogen-bond acceptors (Lipinski definition) is 2. The number of aliphatic hydroxyl groups excluding tert-OH is 1. The van der Waals surface area contributed by atoms with Crippen LogP contribution in [0.5, 0.6) is 0 Å². The third kappa shape index (κ3) is 4.06. The zero-order chi connectivity index (χ0) is 12.0. The second kappa shape index (κ2) is 7.29. The summed E-state index contributed by atoms with van der Waals surface area (Å²) >= 11 is 0. The number of rotatable bonds is 6. The minimum atomic E-state index is -0.0535. The van der Waals surface area contributed by atoms with E-state index in [0.717, 1.165) is 18.8 Å². The van der Waals surface area contributed by atoms with Crippen LogP contribution in [0.15, 0.2) is 0 Å². The number of unbranched alkanes of at least 4 members (excludes halogenated alkanes) is 1. The van der Waals surface area contributed by atoms with Crippen LogP contribution in [0.1, 0.15) is 58.8 Å². The van der Waals surface area contributed by atoms with Gasteiger partial charge in [-0.2, -0.15) is 0 Å². The first-order valence-corrected chi connectivity index (χ1v) is 7.07. The first-order valence-electron chi connectivity index (χ1n) is 7.07. The van der Waals surface area contributed by atoms with Gasteiger partial charge in [-0.3, -0.25) is 0 Å². The average molecular weight is 227 g/mol. The van der Waals surface area contributed by atoms with Crippen molar-refractivity contribution in [1.82, 2.24) is 4.90 Å². The molecule has 0 aliphatic heterocycles. The summed E-state index contributed by atoms with van der Waals surface area (Å²) in [6.45, 7) is 5.70. The van der Waals surface area contributed by atoms with Crippen molar-refractivity contribution in [1.29, 1.82) is 0 Å². The Morgan fingerprint density at radius 2 is 1.94 bits per heavy atom. The van der Waals surface area contributed by atoms with E-state index in [0.29, 0.717) is 6.04 Å². The normalized spacial score (nSPS) is 30.9. The summed E-state index contributed by atoms with van der Waals surface area (Å²) in [6.07, 6.45) is 8.32. The lowest BCUT2D eigenvalue weighted by molar-refractivity contribution is 0.0343. The van der Waals surface area contributed by atoms with Gasteiger partial charge < -0.3 is 10.0 Å². The minimum Gasteiger partial charge on any atom is -0.393 e. The van der Waals surface area contributed by atoms with Crippen LogP contribution in [0.2, 0.25) is 0 Å². The summed E-state index contributed by atoms with van der Waals surface area (Å²) in [7, 11) is 2.24. The van der Waals surface area contributed by atoms with Crippen LogP contribution >= 0.6 is 0 Å². The maximum Gasteiger partial charge on any atom is 0.0555 e. The van der Waals surface area contributed by atoms with Crippen molar-refractivity contribution >= 4 is 0 Å². The molecule has 1 aliphatic rings. The molecule has 0 aromatic carbocycles. The van der Waals surface area contributed by atoms with Gasteiger partial charge >= 0.3 is 0 Å². The molecule has 1 rings (SSSR count). The van der Waals surface area contributed by atoms with Crippen LogP contribution in [-0.4, -0.2) is 35.7 Å². The lowest BCUT2D eigenvalue weighted by Gasteiger charge is -2.40. The van der Waals surface area contributed by atoms with Gasteiger partial charge in [0.25, 0.3) is 0 Å². The van der Waals surface area contributed by atoms with Gasteiger partial charge in [0, 0.05) is 6.04 Å². The molecule has 0 radical (unpaired) electrons. The van der Waals surface area contributed by atoms with Crippen LogP contribution in [0, 0.1) is 5.92 Å². The third-order valence-electron chi connectivity index (χ3n) is 4.02. The molecule has 1 aliphatic carbocycles. The van der Waals surface area contributed by atoms with Gasteiger partial charge in [0.15, 0.2) is 0 Å². The maximum absolute atomic E-state index is 9.81. The van der Waals surface area contributed by atoms with Crippen LogP contribution in [-0.2, 0) is 0 Å². The van der Waals surface area contributed by atoms with E-state index in [-0.39, 0.29) is 6.10 Å². The van der Waals surface area contributed by atoms with Gasteiger partial charge in [-0.15, -0.1) is 0 Å². The molecule has 0 heterocycles. The molecule has 0 bridgehead atoms. The highest BCUT2D eigenvalue weighted by molar-refractivity contribution is 4.85. The van der Waals surface area contributed by atoms with Gasteiger partial charge in [-0.05, 0) is 51.6 Å². The van der Waals surface area contributed by atoms with E-state index in [1.54, 1.807) is 0 Å². The number of hydrogen-bond donors (Lipinski definition) is 1. The lowest BCUT2D eigenvalue weighted by Crippen LogP contribution is -2.44. The molecular weight excluding hydrogens is 198 g/mol. The van der Waals surface area contributed by atoms with Gasteiger partial charge in [0.05, 0.1) is 6.10 Å². The summed E-state index contributed by atoms with van der Waals surface area (Å²) in [4.78, 5) is 2.49. The van der Waals surface area contributed by atoms with Gasteiger partial charge in [-0.25, -0.2) is 0 Å². The number of nitrogens with zero attached hydrogens (tertiary/aromatic N) is 1. The first kappa shape index (κ1) is 14.0. The Morgan fingerprint density at radius 3 is 2.56 bits per heavy atom. The molecule has 2 heteroatoms. The molecule has 0 aromatic rings.